The highest BCUT2D eigenvalue weighted by molar-refractivity contribution is 5.94. The first-order valence-corrected chi connectivity index (χ1v) is 5.18. The number of nitrogens with one attached hydrogen (secondary N) is 1. The average Bonchev–Trinajstić information content (AvgIpc) is 2.82. The van der Waals surface area contributed by atoms with Gasteiger partial charge in [0, 0.05) is 28.9 Å². The van der Waals surface area contributed by atoms with Gasteiger partial charge in [-0.05, 0) is 12.1 Å². The van der Waals surface area contributed by atoms with Crippen LogP contribution < -0.4 is 0 Å². The molecule has 0 atom stereocenters. The van der Waals surface area contributed by atoms with E-state index in [4.69, 9.17) is 5.26 Å². The maximum atomic E-state index is 8.79. The Hall–Kier alpha value is -2.67. The van der Waals surface area contributed by atoms with Gasteiger partial charge >= 0.3 is 0 Å². The molecule has 1 N–H and O–H groups in total. The number of para-hydroxylation sites is 1. The fraction of sp³-hybridized carbons (Fsp3) is 0. The second-order valence-corrected chi connectivity index (χ2v) is 3.63. The second kappa shape index (κ2) is 3.72. The van der Waals surface area contributed by atoms with Crippen LogP contribution in [0.1, 0.15) is 5.82 Å². The van der Waals surface area contributed by atoms with Crippen LogP contribution in [0.2, 0.25) is 0 Å². The van der Waals surface area contributed by atoms with Crippen LogP contribution in [0, 0.1) is 11.3 Å². The Morgan fingerprint density at radius 2 is 2.06 bits per heavy atom. The van der Waals surface area contributed by atoms with Crippen LogP contribution in [0.5, 0.6) is 0 Å². The van der Waals surface area contributed by atoms with E-state index in [1.54, 1.807) is 12.3 Å². The van der Waals surface area contributed by atoms with Gasteiger partial charge in [0.1, 0.15) is 6.07 Å². The number of nitriles is 1. The van der Waals surface area contributed by atoms with Crippen molar-refractivity contribution < 1.29 is 0 Å². The number of H-pyrrole nitrogens is 1. The molecule has 0 saturated heterocycles. The van der Waals surface area contributed by atoms with Gasteiger partial charge < -0.3 is 4.98 Å². The zero-order chi connectivity index (χ0) is 11.7. The zero-order valence-electron chi connectivity index (χ0n) is 8.88. The van der Waals surface area contributed by atoms with Crippen LogP contribution in [0.15, 0.2) is 42.7 Å². The van der Waals surface area contributed by atoms with Gasteiger partial charge in [-0.15, -0.1) is 0 Å². The van der Waals surface area contributed by atoms with Crippen molar-refractivity contribution >= 4 is 10.9 Å². The van der Waals surface area contributed by atoms with E-state index in [-0.39, 0.29) is 5.82 Å². The van der Waals surface area contributed by atoms with Gasteiger partial charge in [-0.25, -0.2) is 9.97 Å². The van der Waals surface area contributed by atoms with Gasteiger partial charge in [-0.3, -0.25) is 0 Å². The lowest BCUT2D eigenvalue weighted by molar-refractivity contribution is 1.12. The summed E-state index contributed by atoms with van der Waals surface area (Å²) in [5.41, 5.74) is 2.80. The van der Waals surface area contributed by atoms with Crippen molar-refractivity contribution in [1.29, 1.82) is 5.26 Å². The molecule has 17 heavy (non-hydrogen) atoms. The zero-order valence-corrected chi connectivity index (χ0v) is 8.88. The first-order valence-electron chi connectivity index (χ1n) is 5.18. The quantitative estimate of drug-likeness (QED) is 0.685. The predicted octanol–water partition coefficient (Wildman–Crippen LogP) is 2.50. The Bertz CT molecular complexity index is 721. The number of aromatic amines is 1. The molecule has 0 bridgehead atoms. The number of hydrogen-bond acceptors (Lipinski definition) is 3. The fourth-order valence-corrected chi connectivity index (χ4v) is 1.85. The summed E-state index contributed by atoms with van der Waals surface area (Å²) < 4.78 is 0. The molecule has 0 aliphatic carbocycles. The van der Waals surface area contributed by atoms with Gasteiger partial charge in [0.05, 0.1) is 5.69 Å². The summed E-state index contributed by atoms with van der Waals surface area (Å²) in [6.45, 7) is 0. The van der Waals surface area contributed by atoms with E-state index in [9.17, 15) is 0 Å². The number of fused-ring (bicyclic) bond motifs is 1. The first-order chi connectivity index (χ1) is 8.38. The Morgan fingerprint density at radius 3 is 2.94 bits per heavy atom. The third-order valence-electron chi connectivity index (χ3n) is 2.62. The van der Waals surface area contributed by atoms with E-state index in [0.717, 1.165) is 22.2 Å². The van der Waals surface area contributed by atoms with E-state index >= 15 is 0 Å². The smallest absolute Gasteiger partial charge is 0.232 e. The number of aromatic nitrogens is 3. The molecule has 4 nitrogen and oxygen atoms in total. The molecule has 2 aromatic heterocycles. The average molecular weight is 220 g/mol. The van der Waals surface area contributed by atoms with Crippen molar-refractivity contribution in [3.05, 3.63) is 48.5 Å². The number of nitrogens with zero attached hydrogens (tertiary/aromatic N) is 3. The van der Waals surface area contributed by atoms with Gasteiger partial charge in [0.15, 0.2) is 0 Å². The van der Waals surface area contributed by atoms with Crippen LogP contribution in [0.25, 0.3) is 22.2 Å². The van der Waals surface area contributed by atoms with E-state index in [1.807, 2.05) is 36.5 Å². The molecule has 0 spiro atoms. The van der Waals surface area contributed by atoms with E-state index in [0.29, 0.717) is 0 Å². The molecule has 1 aromatic carbocycles. The fourth-order valence-electron chi connectivity index (χ4n) is 1.85. The number of benzene rings is 1. The Labute approximate surface area is 97.6 Å². The monoisotopic (exact) mass is 220 g/mol. The third kappa shape index (κ3) is 1.54. The van der Waals surface area contributed by atoms with Crippen molar-refractivity contribution in [2.45, 2.75) is 0 Å². The lowest BCUT2D eigenvalue weighted by atomic mass is 10.1. The predicted molar refractivity (Wildman–Crippen MR) is 64.0 cm³/mol. The molecule has 3 rings (SSSR count). The van der Waals surface area contributed by atoms with Gasteiger partial charge in [-0.1, -0.05) is 18.2 Å². The molecule has 3 aromatic rings. The highest BCUT2D eigenvalue weighted by atomic mass is 14.9. The lowest BCUT2D eigenvalue weighted by Crippen LogP contribution is -1.90. The Kier molecular flexibility index (Phi) is 2.09. The molecule has 0 amide bonds. The van der Waals surface area contributed by atoms with Crippen LogP contribution in [-0.4, -0.2) is 15.0 Å². The van der Waals surface area contributed by atoms with Crippen LogP contribution in [0.4, 0.5) is 0 Å². The molecular formula is C13H8N4. The summed E-state index contributed by atoms with van der Waals surface area (Å²) in [5.74, 6) is 0.188. The highest BCUT2D eigenvalue weighted by Gasteiger charge is 2.07. The molecule has 2 heterocycles. The van der Waals surface area contributed by atoms with Crippen molar-refractivity contribution in [2.24, 2.45) is 0 Å². The molecule has 0 radical (unpaired) electrons. The summed E-state index contributed by atoms with van der Waals surface area (Å²) in [4.78, 5) is 11.2. The second-order valence-electron chi connectivity index (χ2n) is 3.63. The van der Waals surface area contributed by atoms with Crippen molar-refractivity contribution in [1.82, 2.24) is 15.0 Å². The van der Waals surface area contributed by atoms with E-state index < -0.39 is 0 Å². The minimum atomic E-state index is 0.188. The number of rotatable bonds is 1. The van der Waals surface area contributed by atoms with Crippen LogP contribution >= 0.6 is 0 Å². The van der Waals surface area contributed by atoms with Crippen LogP contribution in [-0.2, 0) is 0 Å². The minimum Gasteiger partial charge on any atom is -0.360 e. The highest BCUT2D eigenvalue weighted by Crippen LogP contribution is 2.26. The molecule has 0 unspecified atom stereocenters. The van der Waals surface area contributed by atoms with E-state index in [2.05, 4.69) is 15.0 Å². The summed E-state index contributed by atoms with van der Waals surface area (Å²) in [6.07, 6.45) is 3.50. The standard InChI is InChI=1S/C13H8N4/c14-7-13-15-6-5-12(17-13)10-8-16-11-4-2-1-3-9(10)11/h1-6,8,16H. The molecule has 0 saturated carbocycles. The molecule has 80 valence electrons. The first kappa shape index (κ1) is 9.55. The normalized spacial score (nSPS) is 10.3. The topological polar surface area (TPSA) is 65.4 Å². The van der Waals surface area contributed by atoms with Gasteiger partial charge in [0.25, 0.3) is 0 Å². The molecule has 0 aliphatic heterocycles. The Morgan fingerprint density at radius 1 is 1.18 bits per heavy atom. The Balaban J connectivity index is 2.24. The maximum absolute atomic E-state index is 8.79. The minimum absolute atomic E-state index is 0.188. The molecular weight excluding hydrogens is 212 g/mol. The van der Waals surface area contributed by atoms with Crippen LogP contribution in [0.3, 0.4) is 0 Å². The summed E-state index contributed by atoms with van der Waals surface area (Å²) in [6, 6.07) is 11.7. The summed E-state index contributed by atoms with van der Waals surface area (Å²) in [7, 11) is 0. The SMILES string of the molecule is N#Cc1nccc(-c2c[nH]c3ccccc23)n1. The van der Waals surface area contributed by atoms with Gasteiger partial charge in [0.2, 0.25) is 5.82 Å². The maximum Gasteiger partial charge on any atom is 0.232 e. The summed E-state index contributed by atoms with van der Waals surface area (Å²) >= 11 is 0. The molecule has 0 fully saturated rings. The summed E-state index contributed by atoms with van der Waals surface area (Å²) in [5, 5.41) is 9.88. The molecule has 0 aliphatic rings. The lowest BCUT2D eigenvalue weighted by Gasteiger charge is -1.98. The largest absolute Gasteiger partial charge is 0.360 e. The third-order valence-corrected chi connectivity index (χ3v) is 2.62. The van der Waals surface area contributed by atoms with E-state index in [1.165, 1.54) is 0 Å². The van der Waals surface area contributed by atoms with Crippen molar-refractivity contribution in [2.75, 3.05) is 0 Å². The van der Waals surface area contributed by atoms with Crippen molar-refractivity contribution in [3.8, 4) is 17.3 Å². The number of hydrogen-bond donors (Lipinski definition) is 1. The molecule has 4 heteroatoms. The van der Waals surface area contributed by atoms with Gasteiger partial charge in [-0.2, -0.15) is 5.26 Å². The van der Waals surface area contributed by atoms with Crippen molar-refractivity contribution in [3.63, 3.8) is 0 Å².